The van der Waals surface area contributed by atoms with E-state index in [1.54, 1.807) is 6.07 Å². The summed E-state index contributed by atoms with van der Waals surface area (Å²) >= 11 is 0. The molecule has 2 N–H and O–H groups in total. The summed E-state index contributed by atoms with van der Waals surface area (Å²) in [6.07, 6.45) is 1.25. The Labute approximate surface area is 115 Å². The lowest BCUT2D eigenvalue weighted by Gasteiger charge is -2.11. The molecule has 0 fully saturated rings. The molecule has 19 heavy (non-hydrogen) atoms. The van der Waals surface area contributed by atoms with Crippen LogP contribution in [-0.2, 0) is 11.3 Å². The van der Waals surface area contributed by atoms with Crippen molar-refractivity contribution in [1.29, 1.82) is 0 Å². The minimum atomic E-state index is 0.232. The monoisotopic (exact) mass is 267 g/mol. The molecule has 0 spiro atoms. The van der Waals surface area contributed by atoms with Crippen molar-refractivity contribution in [2.75, 3.05) is 19.8 Å². The third-order valence-electron chi connectivity index (χ3n) is 2.65. The molecule has 0 radical (unpaired) electrons. The topological polar surface area (TPSA) is 50.7 Å². The van der Waals surface area contributed by atoms with Gasteiger partial charge < -0.3 is 19.9 Å². The lowest BCUT2D eigenvalue weighted by atomic mass is 10.2. The van der Waals surface area contributed by atoms with Gasteiger partial charge in [-0.25, -0.2) is 0 Å². The van der Waals surface area contributed by atoms with Crippen LogP contribution in [0.5, 0.6) is 11.5 Å². The molecule has 1 aromatic carbocycles. The molecule has 0 bridgehead atoms. The minimum absolute atomic E-state index is 0.232. The molecular weight excluding hydrogens is 242 g/mol. The Morgan fingerprint density at radius 1 is 1.32 bits per heavy atom. The number of phenolic OH excluding ortho intramolecular Hbond substituents is 1. The highest BCUT2D eigenvalue weighted by atomic mass is 16.5. The van der Waals surface area contributed by atoms with E-state index in [0.29, 0.717) is 18.9 Å². The van der Waals surface area contributed by atoms with Gasteiger partial charge in [-0.1, -0.05) is 12.1 Å². The number of ether oxygens (including phenoxy) is 2. The molecule has 0 saturated carbocycles. The van der Waals surface area contributed by atoms with Crippen molar-refractivity contribution in [2.24, 2.45) is 0 Å². The first-order chi connectivity index (χ1) is 9.15. The fourth-order valence-electron chi connectivity index (χ4n) is 1.72. The molecule has 1 aromatic rings. The standard InChI is InChI=1S/C15H25NO3/c1-4-18-14-8-5-7-13(15(14)17)11-16-9-6-10-19-12(2)3/h5,7-8,12,16-17H,4,6,9-11H2,1-3H3. The summed E-state index contributed by atoms with van der Waals surface area (Å²) in [6.45, 7) is 8.78. The number of benzene rings is 1. The number of hydrogen-bond donors (Lipinski definition) is 2. The van der Waals surface area contributed by atoms with Crippen molar-refractivity contribution < 1.29 is 14.6 Å². The van der Waals surface area contributed by atoms with Gasteiger partial charge in [-0.05, 0) is 39.8 Å². The van der Waals surface area contributed by atoms with Crippen LogP contribution in [0, 0.1) is 0 Å². The van der Waals surface area contributed by atoms with E-state index in [0.717, 1.165) is 25.1 Å². The molecule has 0 heterocycles. The number of phenols is 1. The van der Waals surface area contributed by atoms with E-state index in [1.807, 2.05) is 32.9 Å². The smallest absolute Gasteiger partial charge is 0.162 e. The Kier molecular flexibility index (Phi) is 7.30. The van der Waals surface area contributed by atoms with Crippen molar-refractivity contribution in [3.05, 3.63) is 23.8 Å². The summed E-state index contributed by atoms with van der Waals surface area (Å²) in [5.74, 6) is 0.778. The number of hydrogen-bond acceptors (Lipinski definition) is 4. The van der Waals surface area contributed by atoms with Crippen molar-refractivity contribution in [2.45, 2.75) is 39.8 Å². The first-order valence-corrected chi connectivity index (χ1v) is 6.91. The molecule has 0 unspecified atom stereocenters. The average Bonchev–Trinajstić information content (AvgIpc) is 2.37. The van der Waals surface area contributed by atoms with Crippen LogP contribution < -0.4 is 10.1 Å². The summed E-state index contributed by atoms with van der Waals surface area (Å²) < 4.78 is 10.8. The third-order valence-corrected chi connectivity index (χ3v) is 2.65. The second-order valence-electron chi connectivity index (χ2n) is 4.65. The number of rotatable bonds is 9. The van der Waals surface area contributed by atoms with Gasteiger partial charge in [-0.2, -0.15) is 0 Å². The molecule has 0 aliphatic heterocycles. The van der Waals surface area contributed by atoms with E-state index in [2.05, 4.69) is 5.32 Å². The Bertz CT molecular complexity index is 366. The summed E-state index contributed by atoms with van der Waals surface area (Å²) in [7, 11) is 0. The second kappa shape index (κ2) is 8.77. The molecule has 4 nitrogen and oxygen atoms in total. The molecule has 0 amide bonds. The molecular formula is C15H25NO3. The van der Waals surface area contributed by atoms with Gasteiger partial charge in [0.1, 0.15) is 0 Å². The van der Waals surface area contributed by atoms with Crippen molar-refractivity contribution in [1.82, 2.24) is 5.32 Å². The molecule has 0 atom stereocenters. The maximum Gasteiger partial charge on any atom is 0.162 e. The predicted octanol–water partition coefficient (Wildman–Crippen LogP) is 2.70. The predicted molar refractivity (Wildman–Crippen MR) is 76.7 cm³/mol. The lowest BCUT2D eigenvalue weighted by Crippen LogP contribution is -2.17. The van der Waals surface area contributed by atoms with E-state index >= 15 is 0 Å². The van der Waals surface area contributed by atoms with Gasteiger partial charge in [-0.15, -0.1) is 0 Å². The SMILES string of the molecule is CCOc1cccc(CNCCCOC(C)C)c1O. The number of nitrogens with one attached hydrogen (secondary N) is 1. The molecule has 1 rings (SSSR count). The quantitative estimate of drug-likeness (QED) is 0.675. The molecule has 108 valence electrons. The Morgan fingerprint density at radius 2 is 2.11 bits per heavy atom. The summed E-state index contributed by atoms with van der Waals surface area (Å²) in [6, 6.07) is 5.57. The average molecular weight is 267 g/mol. The van der Waals surface area contributed by atoms with E-state index in [4.69, 9.17) is 9.47 Å². The van der Waals surface area contributed by atoms with Crippen molar-refractivity contribution in [3.63, 3.8) is 0 Å². The van der Waals surface area contributed by atoms with E-state index in [-0.39, 0.29) is 11.9 Å². The molecule has 0 aliphatic rings. The molecule has 0 saturated heterocycles. The van der Waals surface area contributed by atoms with Crippen LogP contribution in [0.2, 0.25) is 0 Å². The van der Waals surface area contributed by atoms with E-state index in [9.17, 15) is 5.11 Å². The van der Waals surface area contributed by atoms with Gasteiger partial charge in [0.05, 0.1) is 12.7 Å². The van der Waals surface area contributed by atoms with Crippen LogP contribution in [-0.4, -0.2) is 31.0 Å². The van der Waals surface area contributed by atoms with Gasteiger partial charge in [0.2, 0.25) is 0 Å². The highest BCUT2D eigenvalue weighted by molar-refractivity contribution is 5.45. The van der Waals surface area contributed by atoms with Crippen molar-refractivity contribution >= 4 is 0 Å². The Balaban J connectivity index is 2.31. The van der Waals surface area contributed by atoms with Crippen molar-refractivity contribution in [3.8, 4) is 11.5 Å². The third kappa shape index (κ3) is 5.94. The van der Waals surface area contributed by atoms with Crippen LogP contribution in [0.1, 0.15) is 32.8 Å². The van der Waals surface area contributed by atoms with Crippen LogP contribution >= 0.6 is 0 Å². The number of aromatic hydroxyl groups is 1. The summed E-state index contributed by atoms with van der Waals surface area (Å²) in [5.41, 5.74) is 0.857. The second-order valence-corrected chi connectivity index (χ2v) is 4.65. The normalized spacial score (nSPS) is 10.9. The minimum Gasteiger partial charge on any atom is -0.504 e. The fourth-order valence-corrected chi connectivity index (χ4v) is 1.72. The largest absolute Gasteiger partial charge is 0.504 e. The maximum atomic E-state index is 10.0. The molecule has 4 heteroatoms. The van der Waals surface area contributed by atoms with Crippen LogP contribution in [0.3, 0.4) is 0 Å². The number of para-hydroxylation sites is 1. The van der Waals surface area contributed by atoms with Crippen LogP contribution in [0.25, 0.3) is 0 Å². The van der Waals surface area contributed by atoms with Crippen LogP contribution in [0.15, 0.2) is 18.2 Å². The zero-order valence-electron chi connectivity index (χ0n) is 12.1. The molecule has 0 aliphatic carbocycles. The first-order valence-electron chi connectivity index (χ1n) is 6.91. The van der Waals surface area contributed by atoms with E-state index < -0.39 is 0 Å². The highest BCUT2D eigenvalue weighted by Gasteiger charge is 2.06. The maximum absolute atomic E-state index is 10.0. The van der Waals surface area contributed by atoms with Gasteiger partial charge >= 0.3 is 0 Å². The zero-order chi connectivity index (χ0) is 14.1. The zero-order valence-corrected chi connectivity index (χ0v) is 12.1. The van der Waals surface area contributed by atoms with Gasteiger partial charge in [-0.3, -0.25) is 0 Å². The molecule has 0 aromatic heterocycles. The van der Waals surface area contributed by atoms with Gasteiger partial charge in [0, 0.05) is 18.7 Å². The summed E-state index contributed by atoms with van der Waals surface area (Å²) in [5, 5.41) is 13.3. The van der Waals surface area contributed by atoms with E-state index in [1.165, 1.54) is 0 Å². The first kappa shape index (κ1) is 15.8. The van der Waals surface area contributed by atoms with Gasteiger partial charge in [0.25, 0.3) is 0 Å². The summed E-state index contributed by atoms with van der Waals surface area (Å²) in [4.78, 5) is 0. The Morgan fingerprint density at radius 3 is 2.79 bits per heavy atom. The Hall–Kier alpha value is -1.26. The highest BCUT2D eigenvalue weighted by Crippen LogP contribution is 2.29. The fraction of sp³-hybridized carbons (Fsp3) is 0.600. The van der Waals surface area contributed by atoms with Gasteiger partial charge in [0.15, 0.2) is 11.5 Å². The van der Waals surface area contributed by atoms with Crippen LogP contribution in [0.4, 0.5) is 0 Å². The lowest BCUT2D eigenvalue weighted by molar-refractivity contribution is 0.0770.